The van der Waals surface area contributed by atoms with E-state index < -0.39 is 5.54 Å². The summed E-state index contributed by atoms with van der Waals surface area (Å²) in [6.07, 6.45) is 0. The van der Waals surface area contributed by atoms with Gasteiger partial charge in [0, 0.05) is 18.7 Å². The summed E-state index contributed by atoms with van der Waals surface area (Å²) >= 11 is 0. The molecule has 2 aromatic carbocycles. The first-order valence-corrected chi connectivity index (χ1v) is 8.17. The highest BCUT2D eigenvalue weighted by molar-refractivity contribution is 6.03. The highest BCUT2D eigenvalue weighted by Gasteiger charge is 2.34. The fourth-order valence-corrected chi connectivity index (χ4v) is 2.85. The van der Waals surface area contributed by atoms with E-state index in [9.17, 15) is 15.0 Å². The molecule has 24 heavy (non-hydrogen) atoms. The number of rotatable bonds is 8. The largest absolute Gasteiger partial charge is 0.395 e. The van der Waals surface area contributed by atoms with Crippen LogP contribution in [-0.4, -0.2) is 52.7 Å². The summed E-state index contributed by atoms with van der Waals surface area (Å²) in [6.45, 7) is 4.24. The number of β-amino-alcohol motifs (C(OH)–C–C–N with tert-alkyl or cyclic N) is 2. The molecule has 0 saturated carbocycles. The van der Waals surface area contributed by atoms with Crippen LogP contribution in [0.3, 0.4) is 0 Å². The maximum atomic E-state index is 12.9. The minimum Gasteiger partial charge on any atom is -0.395 e. The molecular formula is C20H25NO3. The van der Waals surface area contributed by atoms with Crippen LogP contribution in [0.1, 0.15) is 24.2 Å². The minimum atomic E-state index is -0.792. The maximum absolute atomic E-state index is 12.9. The summed E-state index contributed by atoms with van der Waals surface area (Å²) in [4.78, 5) is 14.7. The summed E-state index contributed by atoms with van der Waals surface area (Å²) in [5.74, 6) is -0.0241. The summed E-state index contributed by atoms with van der Waals surface area (Å²) in [5, 5.41) is 18.4. The molecule has 4 heteroatoms. The van der Waals surface area contributed by atoms with Crippen LogP contribution < -0.4 is 0 Å². The lowest BCUT2D eigenvalue weighted by Crippen LogP contribution is -2.52. The van der Waals surface area contributed by atoms with E-state index in [1.165, 1.54) is 0 Å². The van der Waals surface area contributed by atoms with Gasteiger partial charge in [0.2, 0.25) is 0 Å². The van der Waals surface area contributed by atoms with Gasteiger partial charge in [-0.05, 0) is 25.0 Å². The third-order valence-corrected chi connectivity index (χ3v) is 4.34. The molecule has 0 heterocycles. The molecule has 0 saturated heterocycles. The third-order valence-electron chi connectivity index (χ3n) is 4.34. The predicted molar refractivity (Wildman–Crippen MR) is 96.0 cm³/mol. The van der Waals surface area contributed by atoms with Gasteiger partial charge in [-0.1, -0.05) is 54.6 Å². The Balaban J connectivity index is 2.22. The van der Waals surface area contributed by atoms with Gasteiger partial charge < -0.3 is 10.2 Å². The molecule has 0 atom stereocenters. The molecule has 2 rings (SSSR count). The number of Topliss-reactive ketones (excluding diaryl/α,β-unsaturated/α-hetero) is 1. The van der Waals surface area contributed by atoms with E-state index in [2.05, 4.69) is 0 Å². The Morgan fingerprint density at radius 3 is 1.88 bits per heavy atom. The first-order valence-electron chi connectivity index (χ1n) is 8.17. The zero-order valence-corrected chi connectivity index (χ0v) is 14.3. The Hall–Kier alpha value is -2.01. The fraction of sp³-hybridized carbons (Fsp3) is 0.350. The summed E-state index contributed by atoms with van der Waals surface area (Å²) < 4.78 is 0. The lowest BCUT2D eigenvalue weighted by molar-refractivity contribution is 0.0516. The number of carbonyl (C=O) groups is 1. The lowest BCUT2D eigenvalue weighted by Gasteiger charge is -2.36. The molecule has 0 bridgehead atoms. The lowest BCUT2D eigenvalue weighted by atomic mass is 9.90. The number of ketones is 1. The summed E-state index contributed by atoms with van der Waals surface area (Å²) in [7, 11) is 0. The van der Waals surface area contributed by atoms with Gasteiger partial charge in [-0.2, -0.15) is 0 Å². The van der Waals surface area contributed by atoms with Crippen molar-refractivity contribution in [2.75, 3.05) is 26.3 Å². The first-order chi connectivity index (χ1) is 11.5. The van der Waals surface area contributed by atoms with Crippen molar-refractivity contribution in [3.05, 3.63) is 60.2 Å². The second-order valence-corrected chi connectivity index (χ2v) is 6.27. The highest BCUT2D eigenvalue weighted by Crippen LogP contribution is 2.24. The van der Waals surface area contributed by atoms with Crippen molar-refractivity contribution >= 4 is 5.78 Å². The van der Waals surface area contributed by atoms with Crippen LogP contribution in [0.15, 0.2) is 54.6 Å². The van der Waals surface area contributed by atoms with E-state index >= 15 is 0 Å². The van der Waals surface area contributed by atoms with Crippen LogP contribution in [0.25, 0.3) is 11.1 Å². The Bertz CT molecular complexity index is 644. The number of carbonyl (C=O) groups excluding carboxylic acids is 1. The molecule has 0 aromatic heterocycles. The average Bonchev–Trinajstić information content (AvgIpc) is 2.62. The van der Waals surface area contributed by atoms with Crippen molar-refractivity contribution in [3.8, 4) is 11.1 Å². The Morgan fingerprint density at radius 2 is 1.38 bits per heavy atom. The Morgan fingerprint density at radius 1 is 0.875 bits per heavy atom. The molecule has 0 aliphatic heterocycles. The molecule has 0 fully saturated rings. The van der Waals surface area contributed by atoms with Crippen LogP contribution in [0.2, 0.25) is 0 Å². The van der Waals surface area contributed by atoms with Gasteiger partial charge >= 0.3 is 0 Å². The number of hydrogen-bond acceptors (Lipinski definition) is 4. The number of hydrogen-bond donors (Lipinski definition) is 2. The molecular weight excluding hydrogens is 302 g/mol. The van der Waals surface area contributed by atoms with E-state index in [-0.39, 0.29) is 19.0 Å². The molecule has 0 radical (unpaired) electrons. The van der Waals surface area contributed by atoms with Crippen LogP contribution in [0.5, 0.6) is 0 Å². The predicted octanol–water partition coefficient (Wildman–Crippen LogP) is 2.60. The summed E-state index contributed by atoms with van der Waals surface area (Å²) in [6, 6.07) is 17.6. The topological polar surface area (TPSA) is 60.8 Å². The monoisotopic (exact) mass is 327 g/mol. The third kappa shape index (κ3) is 4.09. The molecule has 0 spiro atoms. The van der Waals surface area contributed by atoms with Crippen LogP contribution in [0.4, 0.5) is 0 Å². The Labute approximate surface area is 143 Å². The number of aliphatic hydroxyl groups excluding tert-OH is 2. The summed E-state index contributed by atoms with van der Waals surface area (Å²) in [5.41, 5.74) is 2.01. The van der Waals surface area contributed by atoms with Gasteiger partial charge in [-0.15, -0.1) is 0 Å². The number of benzene rings is 2. The molecule has 2 aromatic rings. The van der Waals surface area contributed by atoms with Crippen LogP contribution in [-0.2, 0) is 0 Å². The first kappa shape index (κ1) is 18.3. The van der Waals surface area contributed by atoms with Crippen LogP contribution >= 0.6 is 0 Å². The SMILES string of the molecule is CC(C)(C(=O)c1ccc(-c2ccccc2)cc1)N(CCO)CCO. The van der Waals surface area contributed by atoms with Crippen molar-refractivity contribution < 1.29 is 15.0 Å². The van der Waals surface area contributed by atoms with Gasteiger partial charge in [-0.3, -0.25) is 9.69 Å². The fourth-order valence-electron chi connectivity index (χ4n) is 2.85. The van der Waals surface area contributed by atoms with Gasteiger partial charge in [-0.25, -0.2) is 0 Å². The highest BCUT2D eigenvalue weighted by atomic mass is 16.3. The molecule has 0 aliphatic carbocycles. The molecule has 0 unspecified atom stereocenters. The van der Waals surface area contributed by atoms with E-state index in [0.717, 1.165) is 11.1 Å². The van der Waals surface area contributed by atoms with E-state index in [0.29, 0.717) is 18.7 Å². The van der Waals surface area contributed by atoms with E-state index in [1.807, 2.05) is 68.4 Å². The maximum Gasteiger partial charge on any atom is 0.182 e. The molecule has 2 N–H and O–H groups in total. The van der Waals surface area contributed by atoms with Gasteiger partial charge in [0.25, 0.3) is 0 Å². The molecule has 0 aliphatic rings. The standard InChI is InChI=1S/C20H25NO3/c1-20(2,21(12-14-22)13-15-23)19(24)18-10-8-17(9-11-18)16-6-4-3-5-7-16/h3-11,22-23H,12-15H2,1-2H3. The molecule has 128 valence electrons. The zero-order valence-electron chi connectivity index (χ0n) is 14.3. The molecule has 0 amide bonds. The van der Waals surface area contributed by atoms with Gasteiger partial charge in [0.1, 0.15) is 0 Å². The molecule has 4 nitrogen and oxygen atoms in total. The zero-order chi connectivity index (χ0) is 17.6. The normalized spacial score (nSPS) is 11.7. The van der Waals surface area contributed by atoms with Crippen molar-refractivity contribution in [2.24, 2.45) is 0 Å². The van der Waals surface area contributed by atoms with Crippen molar-refractivity contribution in [1.82, 2.24) is 4.90 Å². The minimum absolute atomic E-state index is 0.0241. The Kier molecular flexibility index (Phi) is 6.26. The average molecular weight is 327 g/mol. The quantitative estimate of drug-likeness (QED) is 0.732. The van der Waals surface area contributed by atoms with Crippen molar-refractivity contribution in [2.45, 2.75) is 19.4 Å². The second kappa shape index (κ2) is 8.20. The number of aliphatic hydroxyl groups is 2. The van der Waals surface area contributed by atoms with E-state index in [1.54, 1.807) is 4.90 Å². The van der Waals surface area contributed by atoms with Gasteiger partial charge in [0.05, 0.1) is 18.8 Å². The van der Waals surface area contributed by atoms with E-state index in [4.69, 9.17) is 0 Å². The van der Waals surface area contributed by atoms with Gasteiger partial charge in [0.15, 0.2) is 5.78 Å². The smallest absolute Gasteiger partial charge is 0.182 e. The number of nitrogens with zero attached hydrogens (tertiary/aromatic N) is 1. The van der Waals surface area contributed by atoms with Crippen molar-refractivity contribution in [3.63, 3.8) is 0 Å². The van der Waals surface area contributed by atoms with Crippen LogP contribution in [0, 0.1) is 0 Å². The van der Waals surface area contributed by atoms with Crippen molar-refractivity contribution in [1.29, 1.82) is 0 Å². The second-order valence-electron chi connectivity index (χ2n) is 6.27.